The van der Waals surface area contributed by atoms with Crippen molar-refractivity contribution in [1.82, 2.24) is 19.5 Å². The van der Waals surface area contributed by atoms with Crippen LogP contribution in [0.4, 0.5) is 5.95 Å². The Morgan fingerprint density at radius 2 is 1.72 bits per heavy atom. The van der Waals surface area contributed by atoms with E-state index >= 15 is 0 Å². The molecule has 0 aliphatic carbocycles. The van der Waals surface area contributed by atoms with Crippen molar-refractivity contribution in [3.63, 3.8) is 0 Å². The first-order valence-electron chi connectivity index (χ1n) is 18.8. The van der Waals surface area contributed by atoms with E-state index in [0.29, 0.717) is 45.3 Å². The summed E-state index contributed by atoms with van der Waals surface area (Å²) < 4.78 is 41.8. The molecule has 2 aliphatic heterocycles. The van der Waals surface area contributed by atoms with E-state index in [1.54, 1.807) is 13.8 Å². The first-order valence-corrected chi connectivity index (χ1v) is 18.8. The molecule has 0 radical (unpaired) electrons. The normalized spacial score (nSPS) is 27.1. The van der Waals surface area contributed by atoms with Gasteiger partial charge in [0.2, 0.25) is 11.9 Å². The fraction of sp³-hybridized carbons (Fsp3) is 0.778. The van der Waals surface area contributed by atoms with Crippen LogP contribution in [0.5, 0.6) is 0 Å². The minimum atomic E-state index is -1.24. The van der Waals surface area contributed by atoms with Crippen LogP contribution in [0.3, 0.4) is 0 Å². The highest BCUT2D eigenvalue weighted by molar-refractivity contribution is 5.91. The summed E-state index contributed by atoms with van der Waals surface area (Å²) in [6.45, 7) is 11.5. The van der Waals surface area contributed by atoms with Gasteiger partial charge in [0.15, 0.2) is 23.7 Å². The maximum Gasteiger partial charge on any atom is 0.303 e. The second kappa shape index (κ2) is 21.1. The fourth-order valence-corrected chi connectivity index (χ4v) is 6.38. The van der Waals surface area contributed by atoms with Gasteiger partial charge in [0, 0.05) is 50.7 Å². The summed E-state index contributed by atoms with van der Waals surface area (Å²) in [5.74, 6) is -0.776. The number of unbranched alkanes of at least 4 members (excludes halogenated alkanes) is 1. The fourth-order valence-electron chi connectivity index (χ4n) is 6.38. The van der Waals surface area contributed by atoms with Crippen LogP contribution < -0.4 is 10.9 Å². The number of ether oxygens (including phenoxy) is 7. The van der Waals surface area contributed by atoms with Crippen LogP contribution in [-0.2, 0) is 47.5 Å². The predicted molar refractivity (Wildman–Crippen MR) is 192 cm³/mol. The van der Waals surface area contributed by atoms with Crippen molar-refractivity contribution in [1.29, 1.82) is 0 Å². The van der Waals surface area contributed by atoms with Crippen LogP contribution >= 0.6 is 0 Å². The number of carbonyl (C=O) groups is 3. The number of hydrogen-bond acceptors (Lipinski definition) is 15. The Balaban J connectivity index is 1.10. The molecule has 0 spiro atoms. The van der Waals surface area contributed by atoms with Crippen molar-refractivity contribution in [2.75, 3.05) is 45.1 Å². The number of esters is 1. The van der Waals surface area contributed by atoms with Gasteiger partial charge in [0.05, 0.1) is 32.3 Å². The molecule has 54 heavy (non-hydrogen) atoms. The molecule has 2 aliphatic rings. The number of H-pyrrole nitrogens is 1. The summed E-state index contributed by atoms with van der Waals surface area (Å²) in [5, 5.41) is 23.1. The molecule has 0 bridgehead atoms. The van der Waals surface area contributed by atoms with Crippen LogP contribution in [-0.4, -0.2) is 124 Å². The maximum absolute atomic E-state index is 12.6. The lowest BCUT2D eigenvalue weighted by Gasteiger charge is -2.43. The monoisotopic (exact) mass is 767 g/mol. The van der Waals surface area contributed by atoms with Crippen molar-refractivity contribution in [3.05, 3.63) is 16.7 Å². The van der Waals surface area contributed by atoms with Crippen LogP contribution in [0.15, 0.2) is 11.1 Å². The molecule has 0 aromatic carbocycles. The second-order valence-electron chi connectivity index (χ2n) is 14.1. The molecule has 2 fully saturated rings. The molecule has 1 amide bonds. The van der Waals surface area contributed by atoms with E-state index in [9.17, 15) is 29.4 Å². The van der Waals surface area contributed by atoms with Gasteiger partial charge < -0.3 is 43.4 Å². The van der Waals surface area contributed by atoms with Crippen molar-refractivity contribution in [2.24, 2.45) is 17.8 Å². The highest BCUT2D eigenvalue weighted by Crippen LogP contribution is 2.35. The number of aromatic nitrogens is 4. The largest absolute Gasteiger partial charge is 0.459 e. The molecule has 2 aromatic heterocycles. The number of ketones is 1. The molecule has 18 heteroatoms. The maximum atomic E-state index is 12.6. The molecule has 0 saturated carbocycles. The number of aliphatic hydroxyl groups excluding tert-OH is 2. The van der Waals surface area contributed by atoms with Crippen molar-refractivity contribution < 1.29 is 57.8 Å². The van der Waals surface area contributed by atoms with Crippen LogP contribution in [0.25, 0.3) is 11.2 Å². The quantitative estimate of drug-likeness (QED) is 0.0765. The molecule has 4 N–H and O–H groups in total. The number of fused-ring (bicyclic) bond motifs is 1. The molecule has 4 heterocycles. The molecule has 2 saturated heterocycles. The van der Waals surface area contributed by atoms with Gasteiger partial charge in [0.1, 0.15) is 37.0 Å². The molecule has 6 unspecified atom stereocenters. The van der Waals surface area contributed by atoms with Crippen molar-refractivity contribution in [2.45, 2.75) is 123 Å². The summed E-state index contributed by atoms with van der Waals surface area (Å²) in [6, 6.07) is 0. The zero-order chi connectivity index (χ0) is 39.4. The number of amides is 1. The van der Waals surface area contributed by atoms with E-state index in [0.717, 1.165) is 6.42 Å². The number of hydrogen-bond donors (Lipinski definition) is 4. The van der Waals surface area contributed by atoms with Gasteiger partial charge in [0.25, 0.3) is 5.56 Å². The number of carbonyl (C=O) groups excluding carboxylic acids is 3. The van der Waals surface area contributed by atoms with E-state index in [-0.39, 0.29) is 91.0 Å². The molecule has 18 nitrogen and oxygen atoms in total. The minimum Gasteiger partial charge on any atom is -0.459 e. The molecule has 9 atom stereocenters. The summed E-state index contributed by atoms with van der Waals surface area (Å²) in [7, 11) is 0. The predicted octanol–water partition coefficient (Wildman–Crippen LogP) is 2.22. The molecule has 2 aromatic rings. The zero-order valence-electron chi connectivity index (χ0n) is 32.1. The Morgan fingerprint density at radius 1 is 0.981 bits per heavy atom. The third kappa shape index (κ3) is 11.6. The lowest BCUT2D eigenvalue weighted by atomic mass is 9.84. The van der Waals surface area contributed by atoms with Crippen LogP contribution in [0.2, 0.25) is 0 Å². The lowest BCUT2D eigenvalue weighted by Crippen LogP contribution is -2.51. The minimum absolute atomic E-state index is 0.0137. The van der Waals surface area contributed by atoms with Crippen LogP contribution in [0, 0.1) is 17.8 Å². The first-order chi connectivity index (χ1) is 25.9. The Labute approximate surface area is 314 Å². The third-order valence-corrected chi connectivity index (χ3v) is 9.71. The Hall–Kier alpha value is -3.36. The summed E-state index contributed by atoms with van der Waals surface area (Å²) in [5.41, 5.74) is -0.512. The van der Waals surface area contributed by atoms with Gasteiger partial charge in [-0.3, -0.25) is 34.0 Å². The molecule has 4 rings (SSSR count). The summed E-state index contributed by atoms with van der Waals surface area (Å²) >= 11 is 0. The number of aromatic amines is 1. The Kier molecular flexibility index (Phi) is 16.9. The smallest absolute Gasteiger partial charge is 0.303 e. The zero-order valence-corrected chi connectivity index (χ0v) is 32.1. The number of Topliss-reactive ketones (excluding diaryl/α,β-unsaturated/α-hetero) is 1. The summed E-state index contributed by atoms with van der Waals surface area (Å²) in [4.78, 5) is 59.6. The molecule has 304 valence electrons. The number of nitrogens with zero attached hydrogens (tertiary/aromatic N) is 3. The summed E-state index contributed by atoms with van der Waals surface area (Å²) in [6.07, 6.45) is -0.251. The molecular weight excluding hydrogens is 710 g/mol. The number of rotatable bonds is 22. The van der Waals surface area contributed by atoms with Crippen LogP contribution in [0.1, 0.15) is 86.3 Å². The van der Waals surface area contributed by atoms with Gasteiger partial charge in [-0.1, -0.05) is 34.6 Å². The molecular formula is C36H57N5O13. The van der Waals surface area contributed by atoms with Gasteiger partial charge in [-0.05, 0) is 25.7 Å². The number of nitrogens with one attached hydrogen (secondary N) is 2. The highest BCUT2D eigenvalue weighted by atomic mass is 16.7. The number of imidazole rings is 1. The van der Waals surface area contributed by atoms with Gasteiger partial charge in [-0.25, -0.2) is 4.98 Å². The van der Waals surface area contributed by atoms with Crippen molar-refractivity contribution >= 4 is 34.8 Å². The van der Waals surface area contributed by atoms with E-state index < -0.39 is 36.7 Å². The van der Waals surface area contributed by atoms with Gasteiger partial charge in [-0.2, -0.15) is 4.98 Å². The lowest BCUT2D eigenvalue weighted by molar-refractivity contribution is -0.267. The SMILES string of the molecule is CCC1OC(OCCCCC(=O)CCCOCCOCO[C@H]2C(O)[C@@H](CO)O[C@H]2n2cnc3c(=O)[nH]c(NC(=O)C(C)C)nc32)C(C)C(C)C1OC(C)=O. The average molecular weight is 768 g/mol. The number of anilines is 1. The average Bonchev–Trinajstić information content (AvgIpc) is 3.70. The first kappa shape index (κ1) is 43.4. The second-order valence-corrected chi connectivity index (χ2v) is 14.1. The topological polar surface area (TPSA) is 232 Å². The van der Waals surface area contributed by atoms with Gasteiger partial charge >= 0.3 is 5.97 Å². The highest BCUT2D eigenvalue weighted by Gasteiger charge is 2.46. The third-order valence-electron chi connectivity index (χ3n) is 9.71. The standard InChI is InChI=1S/C36H57N5O13/c1-7-25-29(52-23(6)43)21(4)22(5)35(54-25)50-14-9-8-11-24(44)12-10-13-48-15-16-49-19-51-30-28(45)26(17-42)53-34(30)41-18-37-27-31(41)38-36(40-33(27)47)39-32(46)20(2)3/h18,20-22,25-26,28-30,34-35,42,45H,7-17,19H2,1-6H3,(H2,38,39,40,46,47)/t21?,22?,25?,26-,28?,29?,30+,34-,35?/m1/s1. The number of aliphatic hydroxyl groups is 2. The Morgan fingerprint density at radius 3 is 2.43 bits per heavy atom. The van der Waals surface area contributed by atoms with Gasteiger partial charge in [-0.15, -0.1) is 0 Å². The Bertz CT molecular complexity index is 1560. The van der Waals surface area contributed by atoms with E-state index in [4.69, 9.17) is 33.2 Å². The van der Waals surface area contributed by atoms with E-state index in [1.807, 2.05) is 13.8 Å². The van der Waals surface area contributed by atoms with E-state index in [2.05, 4.69) is 27.2 Å². The van der Waals surface area contributed by atoms with Crippen molar-refractivity contribution in [3.8, 4) is 0 Å². The van der Waals surface area contributed by atoms with E-state index in [1.165, 1.54) is 17.8 Å².